The highest BCUT2D eigenvalue weighted by Gasteiger charge is 2.27. The largest absolute Gasteiger partial charge is 0.493 e. The van der Waals surface area contributed by atoms with E-state index < -0.39 is 0 Å². The van der Waals surface area contributed by atoms with Crippen molar-refractivity contribution in [3.63, 3.8) is 0 Å². The Labute approximate surface area is 175 Å². The highest BCUT2D eigenvalue weighted by Crippen LogP contribution is 2.38. The van der Waals surface area contributed by atoms with Crippen LogP contribution in [-0.4, -0.2) is 68.6 Å². The average Bonchev–Trinajstić information content (AvgIpc) is 3.25. The van der Waals surface area contributed by atoms with Gasteiger partial charge in [-0.2, -0.15) is 0 Å². The molecule has 1 atom stereocenters. The monoisotopic (exact) mass is 415 g/mol. The minimum Gasteiger partial charge on any atom is -0.493 e. The zero-order valence-electron chi connectivity index (χ0n) is 17.5. The molecule has 0 bridgehead atoms. The molecule has 1 amide bonds. The van der Waals surface area contributed by atoms with E-state index >= 15 is 0 Å². The molecular weight excluding hydrogens is 390 g/mol. The van der Waals surface area contributed by atoms with Gasteiger partial charge < -0.3 is 28.6 Å². The maximum Gasteiger partial charge on any atom is 0.246 e. The Balaban J connectivity index is 1.61. The summed E-state index contributed by atoms with van der Waals surface area (Å²) in [5.74, 6) is 2.28. The molecule has 0 radical (unpaired) electrons. The third kappa shape index (κ3) is 4.91. The predicted molar refractivity (Wildman–Crippen MR) is 109 cm³/mol. The lowest BCUT2D eigenvalue weighted by atomic mass is 10.1. The van der Waals surface area contributed by atoms with Gasteiger partial charge in [-0.3, -0.25) is 4.79 Å². The van der Waals surface area contributed by atoms with Crippen LogP contribution in [0.15, 0.2) is 30.3 Å². The van der Waals surface area contributed by atoms with Gasteiger partial charge in [-0.1, -0.05) is 0 Å². The van der Waals surface area contributed by atoms with Crippen molar-refractivity contribution < 1.29 is 28.5 Å². The van der Waals surface area contributed by atoms with Crippen molar-refractivity contribution in [3.8, 4) is 29.0 Å². The molecule has 1 fully saturated rings. The smallest absolute Gasteiger partial charge is 0.246 e. The third-order valence-corrected chi connectivity index (χ3v) is 4.67. The summed E-state index contributed by atoms with van der Waals surface area (Å²) in [6, 6.07) is 6.94. The van der Waals surface area contributed by atoms with Gasteiger partial charge in [0.15, 0.2) is 11.5 Å². The first-order valence-electron chi connectivity index (χ1n) is 9.39. The van der Waals surface area contributed by atoms with E-state index in [4.69, 9.17) is 23.7 Å². The van der Waals surface area contributed by atoms with Crippen molar-refractivity contribution in [2.75, 3.05) is 41.5 Å². The van der Waals surface area contributed by atoms with Gasteiger partial charge in [-0.25, -0.2) is 0 Å². The summed E-state index contributed by atoms with van der Waals surface area (Å²) < 4.78 is 26.8. The molecule has 9 heteroatoms. The Morgan fingerprint density at radius 1 is 1.00 bits per heavy atom. The second-order valence-electron chi connectivity index (χ2n) is 6.52. The topological polar surface area (TPSA) is 92.2 Å². The van der Waals surface area contributed by atoms with E-state index in [1.54, 1.807) is 56.6 Å². The van der Waals surface area contributed by atoms with E-state index in [1.165, 1.54) is 13.2 Å². The fourth-order valence-electron chi connectivity index (χ4n) is 3.15. The van der Waals surface area contributed by atoms with Gasteiger partial charge in [-0.05, 0) is 23.8 Å². The van der Waals surface area contributed by atoms with Crippen LogP contribution in [0.3, 0.4) is 0 Å². The van der Waals surface area contributed by atoms with E-state index in [-0.39, 0.29) is 12.0 Å². The number of rotatable bonds is 8. The van der Waals surface area contributed by atoms with Gasteiger partial charge in [0.2, 0.25) is 23.4 Å². The molecule has 30 heavy (non-hydrogen) atoms. The van der Waals surface area contributed by atoms with Crippen LogP contribution in [0.4, 0.5) is 0 Å². The summed E-state index contributed by atoms with van der Waals surface area (Å²) in [6.45, 7) is 1.08. The Hall–Kier alpha value is -3.49. The second-order valence-corrected chi connectivity index (χ2v) is 6.52. The van der Waals surface area contributed by atoms with Gasteiger partial charge in [-0.15, -0.1) is 10.2 Å². The molecule has 1 aliphatic heterocycles. The van der Waals surface area contributed by atoms with Crippen LogP contribution in [0.1, 0.15) is 12.0 Å². The summed E-state index contributed by atoms with van der Waals surface area (Å²) in [6.07, 6.45) is 3.83. The molecule has 1 unspecified atom stereocenters. The summed E-state index contributed by atoms with van der Waals surface area (Å²) in [4.78, 5) is 14.3. The Bertz CT molecular complexity index is 875. The lowest BCUT2D eigenvalue weighted by Gasteiger charge is -2.15. The number of benzene rings is 1. The molecule has 2 aromatic rings. The maximum absolute atomic E-state index is 12.6. The van der Waals surface area contributed by atoms with Gasteiger partial charge in [0, 0.05) is 31.2 Å². The summed E-state index contributed by atoms with van der Waals surface area (Å²) in [5, 5.41) is 7.84. The standard InChI is InChI=1S/C21H25N3O6/c1-26-16-11-14(12-17(27-2)21(16)29-4)5-8-20(25)24-10-9-15(13-24)30-19-7-6-18(28-3)22-23-19/h5-8,11-12,15H,9-10,13H2,1-4H3/b8-5+. The van der Waals surface area contributed by atoms with Crippen LogP contribution in [0.5, 0.6) is 29.0 Å². The molecule has 1 aromatic heterocycles. The molecule has 160 valence electrons. The highest BCUT2D eigenvalue weighted by molar-refractivity contribution is 5.92. The van der Waals surface area contributed by atoms with Gasteiger partial charge in [0.1, 0.15) is 6.10 Å². The van der Waals surface area contributed by atoms with Crippen molar-refractivity contribution in [1.29, 1.82) is 0 Å². The number of aromatic nitrogens is 2. The Kier molecular flexibility index (Phi) is 6.95. The van der Waals surface area contributed by atoms with Crippen molar-refractivity contribution in [2.24, 2.45) is 0 Å². The minimum absolute atomic E-state index is 0.101. The normalized spacial score (nSPS) is 15.9. The maximum atomic E-state index is 12.6. The highest BCUT2D eigenvalue weighted by atomic mass is 16.5. The molecule has 0 aliphatic carbocycles. The van der Waals surface area contributed by atoms with Crippen molar-refractivity contribution >= 4 is 12.0 Å². The van der Waals surface area contributed by atoms with E-state index in [0.29, 0.717) is 42.1 Å². The number of ether oxygens (including phenoxy) is 5. The predicted octanol–water partition coefficient (Wildman–Crippen LogP) is 2.20. The summed E-state index contributed by atoms with van der Waals surface area (Å²) in [7, 11) is 6.17. The molecule has 0 N–H and O–H groups in total. The molecule has 3 rings (SSSR count). The number of carbonyl (C=O) groups excluding carboxylic acids is 1. The molecule has 0 spiro atoms. The van der Waals surface area contributed by atoms with Crippen LogP contribution in [0, 0.1) is 0 Å². The van der Waals surface area contributed by atoms with E-state index in [2.05, 4.69) is 10.2 Å². The van der Waals surface area contributed by atoms with E-state index in [9.17, 15) is 4.79 Å². The fraction of sp³-hybridized carbons (Fsp3) is 0.381. The van der Waals surface area contributed by atoms with E-state index in [1.807, 2.05) is 0 Å². The average molecular weight is 415 g/mol. The molecule has 2 heterocycles. The SMILES string of the molecule is COc1ccc(OC2CCN(C(=O)/C=C/c3cc(OC)c(OC)c(OC)c3)C2)nn1. The number of nitrogens with zero attached hydrogens (tertiary/aromatic N) is 3. The fourth-order valence-corrected chi connectivity index (χ4v) is 3.15. The van der Waals surface area contributed by atoms with Crippen LogP contribution in [0.25, 0.3) is 6.08 Å². The van der Waals surface area contributed by atoms with Crippen LogP contribution in [-0.2, 0) is 4.79 Å². The van der Waals surface area contributed by atoms with Crippen molar-refractivity contribution in [2.45, 2.75) is 12.5 Å². The third-order valence-electron chi connectivity index (χ3n) is 4.67. The number of hydrogen-bond donors (Lipinski definition) is 0. The molecular formula is C21H25N3O6. The molecule has 9 nitrogen and oxygen atoms in total. The second kappa shape index (κ2) is 9.82. The van der Waals surface area contributed by atoms with Crippen LogP contribution < -0.4 is 23.7 Å². The molecule has 1 saturated heterocycles. The van der Waals surface area contributed by atoms with Crippen molar-refractivity contribution in [1.82, 2.24) is 15.1 Å². The molecule has 0 saturated carbocycles. The zero-order chi connectivity index (χ0) is 21.5. The van der Waals surface area contributed by atoms with Gasteiger partial charge in [0.25, 0.3) is 0 Å². The van der Waals surface area contributed by atoms with Crippen molar-refractivity contribution in [3.05, 3.63) is 35.9 Å². The lowest BCUT2D eigenvalue weighted by Crippen LogP contribution is -2.29. The minimum atomic E-state index is -0.133. The number of likely N-dealkylation sites (tertiary alicyclic amines) is 1. The first-order chi connectivity index (χ1) is 14.6. The van der Waals surface area contributed by atoms with E-state index in [0.717, 1.165) is 12.0 Å². The number of amides is 1. The number of methoxy groups -OCH3 is 4. The van der Waals surface area contributed by atoms with Gasteiger partial charge >= 0.3 is 0 Å². The van der Waals surface area contributed by atoms with Gasteiger partial charge in [0.05, 0.1) is 35.0 Å². The first-order valence-corrected chi connectivity index (χ1v) is 9.39. The zero-order valence-corrected chi connectivity index (χ0v) is 17.5. The number of carbonyl (C=O) groups is 1. The Morgan fingerprint density at radius 3 is 2.23 bits per heavy atom. The quantitative estimate of drug-likeness (QED) is 0.606. The Morgan fingerprint density at radius 2 is 1.67 bits per heavy atom. The number of hydrogen-bond acceptors (Lipinski definition) is 8. The molecule has 1 aromatic carbocycles. The van der Waals surface area contributed by atoms with Crippen LogP contribution >= 0.6 is 0 Å². The summed E-state index contributed by atoms with van der Waals surface area (Å²) >= 11 is 0. The lowest BCUT2D eigenvalue weighted by molar-refractivity contribution is -0.125. The summed E-state index contributed by atoms with van der Waals surface area (Å²) in [5.41, 5.74) is 0.762. The molecule has 1 aliphatic rings. The van der Waals surface area contributed by atoms with Crippen LogP contribution in [0.2, 0.25) is 0 Å². The first kappa shape index (κ1) is 21.2.